The van der Waals surface area contributed by atoms with Crippen molar-refractivity contribution in [3.63, 3.8) is 0 Å². The van der Waals surface area contributed by atoms with Gasteiger partial charge in [0.05, 0.1) is 24.0 Å². The minimum absolute atomic E-state index is 0.122. The average Bonchev–Trinajstić information content (AvgIpc) is 3.15. The zero-order chi connectivity index (χ0) is 16.9. The maximum atomic E-state index is 12.1. The topological polar surface area (TPSA) is 81.4 Å². The molecule has 1 aliphatic carbocycles. The van der Waals surface area contributed by atoms with Gasteiger partial charge in [-0.2, -0.15) is 5.10 Å². The van der Waals surface area contributed by atoms with Crippen molar-refractivity contribution >= 4 is 17.0 Å². The molecule has 1 aliphatic rings. The molecule has 1 aromatic rings. The Balaban J connectivity index is 2.00. The number of esters is 1. The van der Waals surface area contributed by atoms with E-state index in [9.17, 15) is 13.6 Å². The van der Waals surface area contributed by atoms with Gasteiger partial charge in [-0.25, -0.2) is 4.21 Å². The number of carbonyl (C=O) groups is 1. The quantitative estimate of drug-likeness (QED) is 0.580. The Morgan fingerprint density at radius 3 is 2.83 bits per heavy atom. The third-order valence-corrected chi connectivity index (χ3v) is 5.47. The molecule has 0 saturated heterocycles. The lowest BCUT2D eigenvalue weighted by atomic mass is 9.89. The molecule has 23 heavy (non-hydrogen) atoms. The van der Waals surface area contributed by atoms with E-state index in [1.54, 1.807) is 13.8 Å². The van der Waals surface area contributed by atoms with Crippen LogP contribution in [0.25, 0.3) is 0 Å². The molecule has 1 N–H and O–H groups in total. The van der Waals surface area contributed by atoms with E-state index in [0.717, 1.165) is 0 Å². The fraction of sp³-hybridized carbons (Fsp3) is 0.750. The van der Waals surface area contributed by atoms with Crippen LogP contribution in [0.15, 0.2) is 12.4 Å². The molecule has 1 aromatic heterocycles. The summed E-state index contributed by atoms with van der Waals surface area (Å²) in [6.45, 7) is 4.20. The molecule has 2 unspecified atom stereocenters. The molecule has 2 rings (SSSR count). The molecule has 0 amide bonds. The van der Waals surface area contributed by atoms with E-state index < -0.39 is 22.5 Å². The van der Waals surface area contributed by atoms with E-state index in [2.05, 4.69) is 5.10 Å². The monoisotopic (exact) mass is 342 g/mol. The van der Waals surface area contributed by atoms with Crippen LogP contribution in [0.5, 0.6) is 0 Å². The van der Waals surface area contributed by atoms with E-state index in [1.165, 1.54) is 31.2 Å². The van der Waals surface area contributed by atoms with Gasteiger partial charge in [0.2, 0.25) is 0 Å². The van der Waals surface area contributed by atoms with Gasteiger partial charge < -0.3 is 9.29 Å². The van der Waals surface area contributed by atoms with Gasteiger partial charge in [0.15, 0.2) is 11.1 Å². The van der Waals surface area contributed by atoms with Gasteiger partial charge >= 0.3 is 5.97 Å². The Bertz CT molecular complexity index is 554. The van der Waals surface area contributed by atoms with E-state index in [0.29, 0.717) is 18.9 Å². The summed E-state index contributed by atoms with van der Waals surface area (Å²) in [6, 6.07) is 0. The third-order valence-electron chi connectivity index (χ3n) is 4.58. The maximum Gasteiger partial charge on any atom is 0.312 e. The van der Waals surface area contributed by atoms with Crippen LogP contribution >= 0.6 is 0 Å². The van der Waals surface area contributed by atoms with Crippen LogP contribution in [-0.4, -0.2) is 36.9 Å². The van der Waals surface area contributed by atoms with Gasteiger partial charge in [-0.1, -0.05) is 12.8 Å². The average molecular weight is 342 g/mol. The van der Waals surface area contributed by atoms with Gasteiger partial charge in [-0.15, -0.1) is 0 Å². The molecular formula is C16H26N2O4S. The summed E-state index contributed by atoms with van der Waals surface area (Å²) >= 11 is -2.04. The number of ether oxygens (including phenoxy) is 1. The number of hydrogen-bond acceptors (Lipinski definition) is 4. The summed E-state index contributed by atoms with van der Waals surface area (Å²) in [4.78, 5) is 12.1. The largest absolute Gasteiger partial charge is 0.466 e. The van der Waals surface area contributed by atoms with Crippen LogP contribution in [0.1, 0.15) is 57.4 Å². The second-order valence-electron chi connectivity index (χ2n) is 6.52. The van der Waals surface area contributed by atoms with Crippen molar-refractivity contribution in [1.29, 1.82) is 0 Å². The Morgan fingerprint density at radius 1 is 1.52 bits per heavy atom. The van der Waals surface area contributed by atoms with E-state index >= 15 is 0 Å². The molecular weight excluding hydrogens is 316 g/mol. The Hall–Kier alpha value is -1.21. The third kappa shape index (κ3) is 4.88. The lowest BCUT2D eigenvalue weighted by molar-refractivity contribution is -0.153. The van der Waals surface area contributed by atoms with Crippen molar-refractivity contribution in [2.24, 2.45) is 5.41 Å². The van der Waals surface area contributed by atoms with Gasteiger partial charge in [0, 0.05) is 12.7 Å². The van der Waals surface area contributed by atoms with Crippen molar-refractivity contribution in [2.45, 2.75) is 58.4 Å². The number of aryl methyl sites for hydroxylation is 1. The van der Waals surface area contributed by atoms with Crippen molar-refractivity contribution < 1.29 is 18.3 Å². The molecule has 0 radical (unpaired) electrons. The van der Waals surface area contributed by atoms with Gasteiger partial charge in [-0.05, 0) is 44.6 Å². The summed E-state index contributed by atoms with van der Waals surface area (Å²) < 4.78 is 27.3. The van der Waals surface area contributed by atoms with Gasteiger partial charge in [0.25, 0.3) is 0 Å². The van der Waals surface area contributed by atoms with Crippen LogP contribution in [0.2, 0.25) is 0 Å². The predicted molar refractivity (Wildman–Crippen MR) is 88.4 cm³/mol. The first kappa shape index (κ1) is 18.1. The Kier molecular flexibility index (Phi) is 6.35. The van der Waals surface area contributed by atoms with Crippen LogP contribution in [0.3, 0.4) is 0 Å². The normalized spacial score (nSPS) is 19.4. The highest BCUT2D eigenvalue weighted by Gasteiger charge is 2.36. The summed E-state index contributed by atoms with van der Waals surface area (Å²) in [5.41, 5.74) is 0.279. The Labute approximate surface area is 139 Å². The predicted octanol–water partition coefficient (Wildman–Crippen LogP) is 2.72. The summed E-state index contributed by atoms with van der Waals surface area (Å²) in [6.07, 6.45) is 9.35. The number of aromatic nitrogens is 2. The molecule has 2 atom stereocenters. The fourth-order valence-corrected chi connectivity index (χ4v) is 3.95. The first-order valence-electron chi connectivity index (χ1n) is 8.21. The summed E-state index contributed by atoms with van der Waals surface area (Å²) in [5.74, 6) is 0.0541. The Morgan fingerprint density at radius 2 is 2.22 bits per heavy atom. The smallest absolute Gasteiger partial charge is 0.312 e. The first-order valence-corrected chi connectivity index (χ1v) is 9.49. The lowest BCUT2D eigenvalue weighted by Gasteiger charge is -2.25. The molecule has 1 saturated carbocycles. The zero-order valence-corrected chi connectivity index (χ0v) is 14.7. The van der Waals surface area contributed by atoms with E-state index in [1.807, 2.05) is 17.1 Å². The van der Waals surface area contributed by atoms with E-state index in [4.69, 9.17) is 4.74 Å². The lowest BCUT2D eigenvalue weighted by Crippen LogP contribution is -2.36. The van der Waals surface area contributed by atoms with Crippen molar-refractivity contribution in [3.8, 4) is 0 Å². The number of hydrogen-bond donors (Lipinski definition) is 1. The van der Waals surface area contributed by atoms with Crippen molar-refractivity contribution in [1.82, 2.24) is 9.78 Å². The van der Waals surface area contributed by atoms with Crippen molar-refractivity contribution in [3.05, 3.63) is 18.0 Å². The summed E-state index contributed by atoms with van der Waals surface area (Å²) in [7, 11) is 0. The number of carbonyl (C=O) groups excluding carboxylic acids is 1. The van der Waals surface area contributed by atoms with Crippen LogP contribution in [-0.2, 0) is 27.2 Å². The fourth-order valence-electron chi connectivity index (χ4n) is 3.14. The maximum absolute atomic E-state index is 12.1. The highest BCUT2D eigenvalue weighted by molar-refractivity contribution is 7.79. The molecule has 1 heterocycles. The second kappa shape index (κ2) is 8.06. The highest BCUT2D eigenvalue weighted by Crippen LogP contribution is 2.34. The molecule has 0 aromatic carbocycles. The molecule has 0 spiro atoms. The van der Waals surface area contributed by atoms with Crippen LogP contribution in [0, 0.1) is 5.41 Å². The molecule has 1 fully saturated rings. The van der Waals surface area contributed by atoms with Gasteiger partial charge in [-0.3, -0.25) is 9.48 Å². The second-order valence-corrected chi connectivity index (χ2v) is 7.45. The minimum atomic E-state index is -2.04. The van der Waals surface area contributed by atoms with Crippen LogP contribution < -0.4 is 0 Å². The first-order chi connectivity index (χ1) is 10.9. The van der Waals surface area contributed by atoms with E-state index in [-0.39, 0.29) is 12.4 Å². The SMILES string of the molecule is CCOC(=O)C(C)(CCn1cc(C2CCCC2)cn1)CS(=O)O. The van der Waals surface area contributed by atoms with Gasteiger partial charge in [0.1, 0.15) is 0 Å². The minimum Gasteiger partial charge on any atom is -0.466 e. The number of nitrogens with zero attached hydrogens (tertiary/aromatic N) is 2. The number of rotatable bonds is 8. The molecule has 0 aliphatic heterocycles. The molecule has 6 nitrogen and oxygen atoms in total. The highest BCUT2D eigenvalue weighted by atomic mass is 32.2. The molecule has 130 valence electrons. The van der Waals surface area contributed by atoms with Crippen molar-refractivity contribution in [2.75, 3.05) is 12.4 Å². The zero-order valence-electron chi connectivity index (χ0n) is 13.9. The molecule has 0 bridgehead atoms. The standard InChI is InChI=1S/C16H26N2O4S/c1-3-22-15(19)16(2,12-23(20)21)8-9-18-11-14(10-17-18)13-6-4-5-7-13/h10-11,13H,3-9,12H2,1-2H3,(H,20,21). The molecule has 7 heteroatoms. The van der Waals surface area contributed by atoms with Crippen LogP contribution in [0.4, 0.5) is 0 Å². The summed E-state index contributed by atoms with van der Waals surface area (Å²) in [5, 5.41) is 4.37.